The van der Waals surface area contributed by atoms with Crippen molar-refractivity contribution in [2.45, 2.75) is 57.3 Å². The minimum absolute atomic E-state index is 0.113. The smallest absolute Gasteiger partial charge is 0.0562 e. The van der Waals surface area contributed by atoms with Crippen LogP contribution in [0.25, 0.3) is 71.6 Å². The monoisotopic (exact) mass is 810 g/mol. The fraction of sp³-hybridized carbons (Fsp3) is 0.148. The summed E-state index contributed by atoms with van der Waals surface area (Å²) in [5, 5.41) is 5.17. The summed E-state index contributed by atoms with van der Waals surface area (Å²) in [5.74, 6) is 0.570. The van der Waals surface area contributed by atoms with E-state index in [-0.39, 0.29) is 5.41 Å². The maximum Gasteiger partial charge on any atom is 0.0562 e. The highest BCUT2D eigenvalue weighted by atomic mass is 15.2. The zero-order valence-electron chi connectivity index (χ0n) is 36.1. The Morgan fingerprint density at radius 3 is 1.87 bits per heavy atom. The lowest BCUT2D eigenvalue weighted by atomic mass is 9.80. The summed E-state index contributed by atoms with van der Waals surface area (Å²) in [4.78, 5) is 2.59. The Morgan fingerprint density at radius 2 is 1.05 bits per heavy atom. The van der Waals surface area contributed by atoms with E-state index in [4.69, 9.17) is 0 Å². The predicted octanol–water partition coefficient (Wildman–Crippen LogP) is 17.1. The Kier molecular flexibility index (Phi) is 8.97. The van der Waals surface area contributed by atoms with E-state index in [1.54, 1.807) is 0 Å². The van der Waals surface area contributed by atoms with Crippen molar-refractivity contribution in [2.75, 3.05) is 4.90 Å². The maximum absolute atomic E-state index is 2.59. The maximum atomic E-state index is 2.59. The van der Waals surface area contributed by atoms with Gasteiger partial charge < -0.3 is 9.47 Å². The third-order valence-corrected chi connectivity index (χ3v) is 14.4. The largest absolute Gasteiger partial charge is 0.309 e. The summed E-state index contributed by atoms with van der Waals surface area (Å²) >= 11 is 0. The predicted molar refractivity (Wildman–Crippen MR) is 267 cm³/mol. The molecule has 12 rings (SSSR count). The van der Waals surface area contributed by atoms with Crippen LogP contribution in [-0.2, 0) is 5.41 Å². The first kappa shape index (κ1) is 37.6. The topological polar surface area (TPSA) is 8.17 Å². The van der Waals surface area contributed by atoms with Gasteiger partial charge in [-0.25, -0.2) is 0 Å². The molecular formula is C61H50N2. The second-order valence-corrected chi connectivity index (χ2v) is 18.2. The van der Waals surface area contributed by atoms with Crippen LogP contribution in [-0.4, -0.2) is 4.57 Å². The van der Waals surface area contributed by atoms with E-state index in [0.29, 0.717) is 5.92 Å². The first-order valence-corrected chi connectivity index (χ1v) is 22.9. The SMILES string of the molecule is CC1(C)c2ccccc2-c2ccc(-c3ccccc3N(c3ccccc3-c3cccc4cccc(C5CCCCC5)c34)c3cccc4c3c3ccccc3n4-c3ccccc3)cc21. The lowest BCUT2D eigenvalue weighted by Crippen LogP contribution is -2.15. The second kappa shape index (κ2) is 15.0. The van der Waals surface area contributed by atoms with E-state index in [1.807, 2.05) is 0 Å². The first-order chi connectivity index (χ1) is 31.1. The van der Waals surface area contributed by atoms with Gasteiger partial charge in [0, 0.05) is 33.0 Å². The van der Waals surface area contributed by atoms with E-state index >= 15 is 0 Å². The average molecular weight is 811 g/mol. The molecule has 2 nitrogen and oxygen atoms in total. The highest BCUT2D eigenvalue weighted by Crippen LogP contribution is 2.53. The van der Waals surface area contributed by atoms with E-state index in [0.717, 1.165) is 22.7 Å². The molecule has 0 bridgehead atoms. The number of nitrogens with zero attached hydrogens (tertiary/aromatic N) is 2. The van der Waals surface area contributed by atoms with Gasteiger partial charge in [-0.3, -0.25) is 0 Å². The van der Waals surface area contributed by atoms with Crippen LogP contribution < -0.4 is 4.90 Å². The van der Waals surface area contributed by atoms with Crippen molar-refractivity contribution >= 4 is 49.6 Å². The molecule has 0 N–H and O–H groups in total. The lowest BCUT2D eigenvalue weighted by molar-refractivity contribution is 0.445. The molecule has 2 aliphatic rings. The fourth-order valence-corrected chi connectivity index (χ4v) is 11.5. The highest BCUT2D eigenvalue weighted by molar-refractivity contribution is 6.17. The van der Waals surface area contributed by atoms with Crippen molar-refractivity contribution < 1.29 is 0 Å². The van der Waals surface area contributed by atoms with Crippen LogP contribution in [0.3, 0.4) is 0 Å². The van der Waals surface area contributed by atoms with Crippen LogP contribution in [0.15, 0.2) is 200 Å². The van der Waals surface area contributed by atoms with Gasteiger partial charge in [0.1, 0.15) is 0 Å². The second-order valence-electron chi connectivity index (χ2n) is 18.2. The van der Waals surface area contributed by atoms with E-state index in [1.165, 1.54) is 115 Å². The minimum Gasteiger partial charge on any atom is -0.309 e. The van der Waals surface area contributed by atoms with Crippen LogP contribution in [0.5, 0.6) is 0 Å². The zero-order chi connectivity index (χ0) is 42.1. The number of para-hydroxylation sites is 4. The van der Waals surface area contributed by atoms with Crippen molar-refractivity contribution in [3.63, 3.8) is 0 Å². The molecular weight excluding hydrogens is 761 g/mol. The summed E-state index contributed by atoms with van der Waals surface area (Å²) in [6.07, 6.45) is 6.45. The number of fused-ring (bicyclic) bond motifs is 7. The normalized spacial score (nSPS) is 14.6. The lowest BCUT2D eigenvalue weighted by Gasteiger charge is -2.31. The molecule has 2 heteroatoms. The van der Waals surface area contributed by atoms with Crippen LogP contribution in [0.1, 0.15) is 68.6 Å². The fourth-order valence-electron chi connectivity index (χ4n) is 11.5. The van der Waals surface area contributed by atoms with Gasteiger partial charge in [0.05, 0.1) is 28.1 Å². The van der Waals surface area contributed by atoms with Crippen molar-refractivity contribution in [3.8, 4) is 39.1 Å². The number of hydrogen-bond donors (Lipinski definition) is 0. The molecule has 1 saturated carbocycles. The van der Waals surface area contributed by atoms with Gasteiger partial charge >= 0.3 is 0 Å². The van der Waals surface area contributed by atoms with Crippen LogP contribution in [0.2, 0.25) is 0 Å². The Morgan fingerprint density at radius 1 is 0.444 bits per heavy atom. The molecule has 2 aliphatic carbocycles. The van der Waals surface area contributed by atoms with E-state index in [2.05, 4.69) is 224 Å². The van der Waals surface area contributed by atoms with Crippen molar-refractivity contribution in [1.29, 1.82) is 0 Å². The number of rotatable bonds is 7. The number of hydrogen-bond acceptors (Lipinski definition) is 1. The first-order valence-electron chi connectivity index (χ1n) is 22.9. The van der Waals surface area contributed by atoms with E-state index in [9.17, 15) is 0 Å². The minimum atomic E-state index is -0.113. The number of aromatic nitrogens is 1. The van der Waals surface area contributed by atoms with Crippen LogP contribution >= 0.6 is 0 Å². The summed E-state index contributed by atoms with van der Waals surface area (Å²) < 4.78 is 2.44. The van der Waals surface area contributed by atoms with Crippen molar-refractivity contribution in [1.82, 2.24) is 4.57 Å². The van der Waals surface area contributed by atoms with Gasteiger partial charge in [0.2, 0.25) is 0 Å². The summed E-state index contributed by atoms with van der Waals surface area (Å²) in [6, 6.07) is 75.0. The molecule has 0 radical (unpaired) electrons. The summed E-state index contributed by atoms with van der Waals surface area (Å²) in [6.45, 7) is 4.76. The third-order valence-electron chi connectivity index (χ3n) is 14.4. The molecule has 10 aromatic rings. The molecule has 63 heavy (non-hydrogen) atoms. The summed E-state index contributed by atoms with van der Waals surface area (Å²) in [5.41, 5.74) is 18.8. The van der Waals surface area contributed by atoms with Gasteiger partial charge in [-0.15, -0.1) is 0 Å². The van der Waals surface area contributed by atoms with Crippen LogP contribution in [0.4, 0.5) is 17.1 Å². The van der Waals surface area contributed by atoms with Crippen molar-refractivity contribution in [2.24, 2.45) is 0 Å². The molecule has 1 fully saturated rings. The molecule has 0 atom stereocenters. The molecule has 0 aliphatic heterocycles. The molecule has 9 aromatic carbocycles. The standard InChI is InChI=1S/C61H50N2/c1-61(2)52-32-13-9-27-47(52)48-39-38-43(40-53(48)61)45-26-10-14-33-54(45)63(58-37-19-36-57-60(58)51-29-12-16-35-56(51)62(57)44-24-7-4-8-25-44)55-34-15-11-28-49(55)50-31-18-23-42-22-17-30-46(59(42)50)41-20-5-3-6-21-41/h4,7-19,22-41H,3,5-6,20-21H2,1-2H3. The molecule has 0 amide bonds. The Bertz CT molecular complexity index is 3360. The Balaban J connectivity index is 1.15. The quantitative estimate of drug-likeness (QED) is 0.156. The molecule has 1 heterocycles. The Hall–Kier alpha value is -7.16. The molecule has 1 aromatic heterocycles. The zero-order valence-corrected chi connectivity index (χ0v) is 36.1. The van der Waals surface area contributed by atoms with Gasteiger partial charge in [0.25, 0.3) is 0 Å². The summed E-state index contributed by atoms with van der Waals surface area (Å²) in [7, 11) is 0. The van der Waals surface area contributed by atoms with Gasteiger partial charge in [-0.05, 0) is 117 Å². The Labute approximate surface area is 370 Å². The van der Waals surface area contributed by atoms with Gasteiger partial charge in [0.15, 0.2) is 0 Å². The van der Waals surface area contributed by atoms with E-state index < -0.39 is 0 Å². The highest BCUT2D eigenvalue weighted by Gasteiger charge is 2.36. The molecule has 0 spiro atoms. The average Bonchev–Trinajstić information content (AvgIpc) is 3.80. The molecule has 0 unspecified atom stereocenters. The molecule has 0 saturated heterocycles. The molecule has 304 valence electrons. The van der Waals surface area contributed by atoms with Gasteiger partial charge in [-0.1, -0.05) is 185 Å². The number of benzene rings is 9. The van der Waals surface area contributed by atoms with Gasteiger partial charge in [-0.2, -0.15) is 0 Å². The van der Waals surface area contributed by atoms with Crippen molar-refractivity contribution in [3.05, 3.63) is 217 Å². The third kappa shape index (κ3) is 5.99. The number of anilines is 3. The van der Waals surface area contributed by atoms with Crippen LogP contribution in [0, 0.1) is 0 Å².